The minimum absolute atomic E-state index is 0.0919. The molecule has 0 saturated carbocycles. The van der Waals surface area contributed by atoms with Crippen LogP contribution in [0.1, 0.15) is 68.9 Å². The van der Waals surface area contributed by atoms with Gasteiger partial charge in [-0.2, -0.15) is 0 Å². The molecule has 0 N–H and O–H groups in total. The maximum atomic E-state index is 13.4. The molecule has 1 aliphatic carbocycles. The van der Waals surface area contributed by atoms with E-state index in [-0.39, 0.29) is 17.7 Å². The third-order valence-electron chi connectivity index (χ3n) is 7.51. The normalized spacial score (nSPS) is 24.5. The van der Waals surface area contributed by atoms with Crippen molar-refractivity contribution in [1.82, 2.24) is 4.90 Å². The molecule has 196 valence electrons. The standard InChI is InChI=1S/C29H32ClNO6/c1-15-10-23(31(16(15)2)28(34)37-29(3,4)5)27(33)36-24-9-6-17-12-22-20-8-7-19(30)11-18(20)14-35-25(22)13-21(17)26(24)32/h7-8,11-13,15-16,23-24H,6,9-10,14H2,1-5H3/t15-,16-,23+,24?/m1/s1. The Kier molecular flexibility index (Phi) is 6.47. The van der Waals surface area contributed by atoms with Gasteiger partial charge in [-0.15, -0.1) is 0 Å². The Morgan fingerprint density at radius 2 is 1.81 bits per heavy atom. The fourth-order valence-corrected chi connectivity index (χ4v) is 5.65. The minimum Gasteiger partial charge on any atom is -0.488 e. The summed E-state index contributed by atoms with van der Waals surface area (Å²) in [6.45, 7) is 9.63. The Bertz CT molecular complexity index is 1280. The first-order valence-electron chi connectivity index (χ1n) is 12.8. The van der Waals surface area contributed by atoms with E-state index in [4.69, 9.17) is 25.8 Å². The zero-order valence-corrected chi connectivity index (χ0v) is 22.6. The summed E-state index contributed by atoms with van der Waals surface area (Å²) < 4.78 is 17.3. The summed E-state index contributed by atoms with van der Waals surface area (Å²) in [7, 11) is 0. The van der Waals surface area contributed by atoms with Crippen molar-refractivity contribution in [2.24, 2.45) is 5.92 Å². The van der Waals surface area contributed by atoms with Gasteiger partial charge in [-0.3, -0.25) is 9.69 Å². The topological polar surface area (TPSA) is 82.1 Å². The largest absolute Gasteiger partial charge is 0.488 e. The summed E-state index contributed by atoms with van der Waals surface area (Å²) in [5, 5.41) is 0.653. The number of halogens is 1. The number of likely N-dealkylation sites (tertiary alicyclic amines) is 1. The van der Waals surface area contributed by atoms with Crippen molar-refractivity contribution < 1.29 is 28.6 Å². The highest BCUT2D eigenvalue weighted by Gasteiger charge is 2.46. The lowest BCUT2D eigenvalue weighted by Gasteiger charge is -2.32. The average Bonchev–Trinajstić information content (AvgIpc) is 3.13. The molecule has 2 heterocycles. The van der Waals surface area contributed by atoms with Gasteiger partial charge < -0.3 is 14.2 Å². The molecule has 7 nitrogen and oxygen atoms in total. The summed E-state index contributed by atoms with van der Waals surface area (Å²) in [5.74, 6) is -0.0904. The fraction of sp³-hybridized carbons (Fsp3) is 0.483. The number of ketones is 1. The van der Waals surface area contributed by atoms with Gasteiger partial charge in [-0.1, -0.05) is 24.6 Å². The predicted octanol–water partition coefficient (Wildman–Crippen LogP) is 5.97. The second kappa shape index (κ2) is 9.35. The van der Waals surface area contributed by atoms with E-state index in [1.54, 1.807) is 26.8 Å². The lowest BCUT2D eigenvalue weighted by molar-refractivity contribution is -0.153. The molecular weight excluding hydrogens is 494 g/mol. The summed E-state index contributed by atoms with van der Waals surface area (Å²) in [4.78, 5) is 41.1. The quantitative estimate of drug-likeness (QED) is 0.449. The van der Waals surface area contributed by atoms with E-state index < -0.39 is 29.8 Å². The van der Waals surface area contributed by atoms with Gasteiger partial charge in [0.05, 0.1) is 0 Å². The third-order valence-corrected chi connectivity index (χ3v) is 7.74. The van der Waals surface area contributed by atoms with Crippen LogP contribution in [0.4, 0.5) is 4.79 Å². The van der Waals surface area contributed by atoms with Gasteiger partial charge in [0.15, 0.2) is 6.10 Å². The molecule has 1 unspecified atom stereocenters. The number of Topliss-reactive ketones (excluding diaryl/α,β-unsaturated/α-hetero) is 1. The first-order valence-corrected chi connectivity index (χ1v) is 13.2. The summed E-state index contributed by atoms with van der Waals surface area (Å²) in [5.41, 5.74) is 3.71. The number of amides is 1. The molecule has 1 fully saturated rings. The average molecular weight is 526 g/mol. The number of hydrogen-bond donors (Lipinski definition) is 0. The molecule has 2 aromatic carbocycles. The Labute approximate surface area is 222 Å². The van der Waals surface area contributed by atoms with Crippen LogP contribution < -0.4 is 4.74 Å². The van der Waals surface area contributed by atoms with Gasteiger partial charge in [0.2, 0.25) is 5.78 Å². The molecule has 8 heteroatoms. The van der Waals surface area contributed by atoms with Gasteiger partial charge in [-0.25, -0.2) is 9.59 Å². The molecule has 3 aliphatic rings. The first kappa shape index (κ1) is 25.6. The summed E-state index contributed by atoms with van der Waals surface area (Å²) in [6, 6.07) is 8.50. The van der Waals surface area contributed by atoms with Crippen LogP contribution in [0.25, 0.3) is 11.1 Å². The van der Waals surface area contributed by atoms with E-state index in [0.29, 0.717) is 42.2 Å². The molecule has 5 rings (SSSR count). The molecule has 1 amide bonds. The van der Waals surface area contributed by atoms with Crippen LogP contribution in [-0.2, 0) is 27.3 Å². The lowest BCUT2D eigenvalue weighted by atomic mass is 9.85. The highest BCUT2D eigenvalue weighted by molar-refractivity contribution is 6.30. The number of esters is 1. The number of aryl methyl sites for hydroxylation is 1. The Morgan fingerprint density at radius 3 is 2.54 bits per heavy atom. The molecule has 2 aliphatic heterocycles. The van der Waals surface area contributed by atoms with Crippen LogP contribution in [0.5, 0.6) is 5.75 Å². The maximum absolute atomic E-state index is 13.4. The van der Waals surface area contributed by atoms with Gasteiger partial charge in [-0.05, 0) is 93.8 Å². The molecule has 37 heavy (non-hydrogen) atoms. The van der Waals surface area contributed by atoms with Crippen molar-refractivity contribution in [1.29, 1.82) is 0 Å². The van der Waals surface area contributed by atoms with Gasteiger partial charge in [0, 0.05) is 22.2 Å². The summed E-state index contributed by atoms with van der Waals surface area (Å²) in [6.07, 6.45) is -0.0183. The van der Waals surface area contributed by atoms with Crippen LogP contribution in [-0.4, -0.2) is 46.5 Å². The predicted molar refractivity (Wildman–Crippen MR) is 139 cm³/mol. The smallest absolute Gasteiger partial charge is 0.411 e. The second-order valence-electron chi connectivity index (χ2n) is 11.3. The molecule has 0 aromatic heterocycles. The number of hydrogen-bond acceptors (Lipinski definition) is 6. The van der Waals surface area contributed by atoms with Crippen LogP contribution in [0, 0.1) is 5.92 Å². The van der Waals surface area contributed by atoms with Crippen LogP contribution in [0.2, 0.25) is 5.02 Å². The number of ether oxygens (including phenoxy) is 3. The number of nitrogens with zero attached hydrogens (tertiary/aromatic N) is 1. The zero-order chi connectivity index (χ0) is 26.6. The maximum Gasteiger partial charge on any atom is 0.411 e. The van der Waals surface area contributed by atoms with Gasteiger partial charge >= 0.3 is 12.1 Å². The molecule has 4 atom stereocenters. The number of carbonyl (C=O) groups is 3. The molecule has 2 aromatic rings. The minimum atomic E-state index is -0.903. The molecular formula is C29H32ClNO6. The van der Waals surface area contributed by atoms with Gasteiger partial charge in [0.1, 0.15) is 24.0 Å². The molecule has 0 radical (unpaired) electrons. The van der Waals surface area contributed by atoms with Crippen LogP contribution >= 0.6 is 11.6 Å². The van der Waals surface area contributed by atoms with Crippen molar-refractivity contribution >= 4 is 29.4 Å². The van der Waals surface area contributed by atoms with E-state index >= 15 is 0 Å². The highest BCUT2D eigenvalue weighted by atomic mass is 35.5. The molecule has 1 saturated heterocycles. The Balaban J connectivity index is 1.35. The first-order chi connectivity index (χ1) is 17.4. The summed E-state index contributed by atoms with van der Waals surface area (Å²) >= 11 is 6.14. The van der Waals surface area contributed by atoms with Crippen LogP contribution in [0.15, 0.2) is 30.3 Å². The van der Waals surface area contributed by atoms with Crippen molar-refractivity contribution in [2.45, 2.75) is 84.3 Å². The highest BCUT2D eigenvalue weighted by Crippen LogP contribution is 2.42. The fourth-order valence-electron chi connectivity index (χ4n) is 5.45. The third kappa shape index (κ3) is 4.81. The van der Waals surface area contributed by atoms with E-state index in [1.807, 2.05) is 38.1 Å². The van der Waals surface area contributed by atoms with Crippen molar-refractivity contribution in [3.63, 3.8) is 0 Å². The lowest BCUT2D eigenvalue weighted by Crippen LogP contribution is -2.48. The van der Waals surface area contributed by atoms with Crippen LogP contribution in [0.3, 0.4) is 0 Å². The Hall–Kier alpha value is -3.06. The number of carbonyl (C=O) groups excluding carboxylic acids is 3. The van der Waals surface area contributed by atoms with Gasteiger partial charge in [0.25, 0.3) is 0 Å². The zero-order valence-electron chi connectivity index (χ0n) is 21.8. The number of fused-ring (bicyclic) bond motifs is 4. The number of rotatable bonds is 2. The Morgan fingerprint density at radius 1 is 1.05 bits per heavy atom. The van der Waals surface area contributed by atoms with Crippen molar-refractivity contribution in [3.8, 4) is 16.9 Å². The van der Waals surface area contributed by atoms with E-state index in [0.717, 1.165) is 22.3 Å². The molecule has 0 spiro atoms. The van der Waals surface area contributed by atoms with E-state index in [9.17, 15) is 14.4 Å². The second-order valence-corrected chi connectivity index (χ2v) is 11.7. The molecule has 0 bridgehead atoms. The SMILES string of the molecule is C[C@@H]1C[C@@H](C(=O)OC2CCc3cc4c(cc3C2=O)OCc2cc(Cl)ccc2-4)N(C(=O)OC(C)(C)C)[C@@H]1C. The van der Waals surface area contributed by atoms with Crippen molar-refractivity contribution in [3.05, 3.63) is 52.0 Å². The number of benzene rings is 2. The monoisotopic (exact) mass is 525 g/mol. The van der Waals surface area contributed by atoms with E-state index in [1.165, 1.54) is 4.90 Å². The van der Waals surface area contributed by atoms with E-state index in [2.05, 4.69) is 0 Å². The van der Waals surface area contributed by atoms with Crippen molar-refractivity contribution in [2.75, 3.05) is 0 Å².